The first-order valence-corrected chi connectivity index (χ1v) is 9.86. The van der Waals surface area contributed by atoms with Crippen LogP contribution in [0.3, 0.4) is 0 Å². The van der Waals surface area contributed by atoms with Gasteiger partial charge in [-0.3, -0.25) is 0 Å². The normalized spacial score (nSPS) is 19.4. The maximum atomic E-state index is 12.8. The third kappa shape index (κ3) is 3.23. The van der Waals surface area contributed by atoms with Crippen molar-refractivity contribution in [3.05, 3.63) is 70.3 Å². The van der Waals surface area contributed by atoms with Gasteiger partial charge in [-0.2, -0.15) is 0 Å². The Morgan fingerprint density at radius 3 is 2.65 bits per heavy atom. The van der Waals surface area contributed by atoms with Crippen LogP contribution >= 0.6 is 0 Å². The number of rotatable bonds is 3. The van der Waals surface area contributed by atoms with Crippen LogP contribution in [0.5, 0.6) is 0 Å². The number of amides is 2. The van der Waals surface area contributed by atoms with Gasteiger partial charge in [-0.05, 0) is 73.3 Å². The monoisotopic (exact) mass is 348 g/mol. The first-order chi connectivity index (χ1) is 12.6. The minimum atomic E-state index is 0.0110. The zero-order valence-electron chi connectivity index (χ0n) is 15.8. The zero-order valence-corrected chi connectivity index (χ0v) is 15.8. The third-order valence-electron chi connectivity index (χ3n) is 6.10. The Hall–Kier alpha value is -2.29. The van der Waals surface area contributed by atoms with Gasteiger partial charge < -0.3 is 10.2 Å². The molecule has 0 aliphatic heterocycles. The summed E-state index contributed by atoms with van der Waals surface area (Å²) in [7, 11) is 1.92. The van der Waals surface area contributed by atoms with E-state index in [0.717, 1.165) is 12.8 Å². The standard InChI is InChI=1S/C23H28N2O/c1-16(19-12-11-17-7-3-4-9-20(17)15-19)24-23(26)25(2)22-14-13-18-8-5-6-10-21(18)22/h5-6,8,10-12,15-16,22H,3-4,7,9,13-14H2,1-2H3,(H,24,26). The molecule has 1 N–H and O–H groups in total. The highest BCUT2D eigenvalue weighted by molar-refractivity contribution is 5.75. The summed E-state index contributed by atoms with van der Waals surface area (Å²) < 4.78 is 0. The fourth-order valence-corrected chi connectivity index (χ4v) is 4.47. The van der Waals surface area contributed by atoms with Gasteiger partial charge in [0, 0.05) is 7.05 Å². The van der Waals surface area contributed by atoms with Gasteiger partial charge in [0.05, 0.1) is 12.1 Å². The molecule has 2 aliphatic rings. The molecule has 0 bridgehead atoms. The van der Waals surface area contributed by atoms with E-state index in [1.54, 1.807) is 0 Å². The smallest absolute Gasteiger partial charge is 0.318 e. The number of hydrogen-bond acceptors (Lipinski definition) is 1. The molecule has 3 heteroatoms. The number of hydrogen-bond donors (Lipinski definition) is 1. The Bertz CT molecular complexity index is 814. The lowest BCUT2D eigenvalue weighted by atomic mass is 9.89. The molecule has 4 rings (SSSR count). The van der Waals surface area contributed by atoms with E-state index in [1.165, 1.54) is 53.5 Å². The van der Waals surface area contributed by atoms with Gasteiger partial charge in [0.25, 0.3) is 0 Å². The van der Waals surface area contributed by atoms with Crippen LogP contribution in [0.2, 0.25) is 0 Å². The van der Waals surface area contributed by atoms with Crippen LogP contribution in [0, 0.1) is 0 Å². The highest BCUT2D eigenvalue weighted by atomic mass is 16.2. The molecular formula is C23H28N2O. The first kappa shape index (κ1) is 17.1. The molecule has 3 nitrogen and oxygen atoms in total. The molecule has 2 unspecified atom stereocenters. The summed E-state index contributed by atoms with van der Waals surface area (Å²) in [6.07, 6.45) is 7.01. The predicted octanol–water partition coefficient (Wildman–Crippen LogP) is 4.96. The minimum Gasteiger partial charge on any atom is -0.331 e. The van der Waals surface area contributed by atoms with Crippen LogP contribution in [-0.2, 0) is 19.3 Å². The van der Waals surface area contributed by atoms with Crippen LogP contribution in [-0.4, -0.2) is 18.0 Å². The fraction of sp³-hybridized carbons (Fsp3) is 0.435. The molecule has 0 saturated heterocycles. The SMILES string of the molecule is CC(NC(=O)N(C)C1CCc2ccccc21)c1ccc2c(c1)CCCC2. The van der Waals surface area contributed by atoms with E-state index in [2.05, 4.69) is 54.7 Å². The summed E-state index contributed by atoms with van der Waals surface area (Å²) in [5, 5.41) is 3.20. The predicted molar refractivity (Wildman–Crippen MR) is 105 cm³/mol. The fourth-order valence-electron chi connectivity index (χ4n) is 4.47. The van der Waals surface area contributed by atoms with E-state index in [4.69, 9.17) is 0 Å². The molecule has 26 heavy (non-hydrogen) atoms. The van der Waals surface area contributed by atoms with Crippen LogP contribution in [0.4, 0.5) is 4.79 Å². The molecule has 0 fully saturated rings. The number of carbonyl (C=O) groups is 1. The number of nitrogens with one attached hydrogen (secondary N) is 1. The van der Waals surface area contributed by atoms with Gasteiger partial charge in [0.15, 0.2) is 0 Å². The summed E-state index contributed by atoms with van der Waals surface area (Å²) in [6, 6.07) is 15.4. The lowest BCUT2D eigenvalue weighted by molar-refractivity contribution is 0.187. The van der Waals surface area contributed by atoms with Gasteiger partial charge in [-0.15, -0.1) is 0 Å². The van der Waals surface area contributed by atoms with E-state index in [0.29, 0.717) is 0 Å². The van der Waals surface area contributed by atoms with E-state index >= 15 is 0 Å². The van der Waals surface area contributed by atoms with Crippen molar-refractivity contribution in [2.45, 2.75) is 57.5 Å². The molecule has 2 aromatic carbocycles. The van der Waals surface area contributed by atoms with Crippen molar-refractivity contribution in [3.8, 4) is 0 Å². The van der Waals surface area contributed by atoms with Gasteiger partial charge in [-0.25, -0.2) is 4.79 Å². The van der Waals surface area contributed by atoms with Crippen LogP contribution in [0.25, 0.3) is 0 Å². The van der Waals surface area contributed by atoms with Gasteiger partial charge in [-0.1, -0.05) is 42.5 Å². The first-order valence-electron chi connectivity index (χ1n) is 9.86. The Labute approximate surface area is 156 Å². The molecule has 0 spiro atoms. The Morgan fingerprint density at radius 1 is 1.04 bits per heavy atom. The number of carbonyl (C=O) groups excluding carboxylic acids is 1. The second-order valence-electron chi connectivity index (χ2n) is 7.77. The molecule has 2 aliphatic carbocycles. The number of nitrogens with zero attached hydrogens (tertiary/aromatic N) is 1. The summed E-state index contributed by atoms with van der Waals surface area (Å²) in [6.45, 7) is 2.08. The molecule has 0 radical (unpaired) electrons. The average molecular weight is 348 g/mol. The van der Waals surface area contributed by atoms with Gasteiger partial charge >= 0.3 is 6.03 Å². The second-order valence-corrected chi connectivity index (χ2v) is 7.77. The quantitative estimate of drug-likeness (QED) is 0.836. The maximum absolute atomic E-state index is 12.8. The molecule has 2 amide bonds. The Kier molecular flexibility index (Phi) is 4.71. The molecule has 2 aromatic rings. The molecule has 0 heterocycles. The summed E-state index contributed by atoms with van der Waals surface area (Å²) in [4.78, 5) is 14.7. The van der Waals surface area contributed by atoms with Crippen molar-refractivity contribution in [2.75, 3.05) is 7.05 Å². The van der Waals surface area contributed by atoms with E-state index in [1.807, 2.05) is 11.9 Å². The van der Waals surface area contributed by atoms with Crippen molar-refractivity contribution < 1.29 is 4.79 Å². The largest absolute Gasteiger partial charge is 0.331 e. The van der Waals surface area contributed by atoms with E-state index in [-0.39, 0.29) is 18.1 Å². The van der Waals surface area contributed by atoms with Crippen LogP contribution in [0.1, 0.15) is 66.1 Å². The van der Waals surface area contributed by atoms with Crippen molar-refractivity contribution in [1.82, 2.24) is 10.2 Å². The Morgan fingerprint density at radius 2 is 1.81 bits per heavy atom. The number of urea groups is 1. The topological polar surface area (TPSA) is 32.3 Å². The van der Waals surface area contributed by atoms with Crippen molar-refractivity contribution in [1.29, 1.82) is 0 Å². The molecule has 136 valence electrons. The molecule has 2 atom stereocenters. The molecule has 0 aromatic heterocycles. The van der Waals surface area contributed by atoms with Gasteiger partial charge in [0.1, 0.15) is 0 Å². The summed E-state index contributed by atoms with van der Waals surface area (Å²) in [5.74, 6) is 0. The van der Waals surface area contributed by atoms with Crippen LogP contribution < -0.4 is 5.32 Å². The summed E-state index contributed by atoms with van der Waals surface area (Å²) >= 11 is 0. The van der Waals surface area contributed by atoms with E-state index < -0.39 is 0 Å². The highest BCUT2D eigenvalue weighted by Gasteiger charge is 2.29. The van der Waals surface area contributed by atoms with Crippen molar-refractivity contribution >= 4 is 6.03 Å². The summed E-state index contributed by atoms with van der Waals surface area (Å²) in [5.41, 5.74) is 6.83. The number of fused-ring (bicyclic) bond motifs is 2. The average Bonchev–Trinajstić information content (AvgIpc) is 3.11. The third-order valence-corrected chi connectivity index (χ3v) is 6.10. The number of aryl methyl sites for hydroxylation is 3. The molecular weight excluding hydrogens is 320 g/mol. The van der Waals surface area contributed by atoms with Crippen molar-refractivity contribution in [3.63, 3.8) is 0 Å². The van der Waals surface area contributed by atoms with E-state index in [9.17, 15) is 4.79 Å². The minimum absolute atomic E-state index is 0.0110. The second kappa shape index (κ2) is 7.14. The van der Waals surface area contributed by atoms with Crippen molar-refractivity contribution in [2.24, 2.45) is 0 Å². The number of benzene rings is 2. The maximum Gasteiger partial charge on any atom is 0.318 e. The van der Waals surface area contributed by atoms with Gasteiger partial charge in [0.2, 0.25) is 0 Å². The highest BCUT2D eigenvalue weighted by Crippen LogP contribution is 2.35. The zero-order chi connectivity index (χ0) is 18.1. The lowest BCUT2D eigenvalue weighted by Crippen LogP contribution is -2.40. The Balaban J connectivity index is 1.44. The van der Waals surface area contributed by atoms with Crippen LogP contribution in [0.15, 0.2) is 42.5 Å². The molecule has 0 saturated carbocycles. The lowest BCUT2D eigenvalue weighted by Gasteiger charge is -2.28.